The third-order valence-electron chi connectivity index (χ3n) is 10.8. The third kappa shape index (κ3) is 4.71. The Balaban J connectivity index is 1.10. The second-order valence-corrected chi connectivity index (χ2v) is 14.2. The molecule has 0 radical (unpaired) electrons. The molecular weight excluding hydrogens is 617 g/mol. The van der Waals surface area contributed by atoms with Gasteiger partial charge in [0.25, 0.3) is 0 Å². The molecule has 0 atom stereocenters. The molecule has 51 heavy (non-hydrogen) atoms. The zero-order valence-corrected chi connectivity index (χ0v) is 28.6. The van der Waals surface area contributed by atoms with Gasteiger partial charge in [0.2, 0.25) is 0 Å². The predicted octanol–water partition coefficient (Wildman–Crippen LogP) is 12.9. The molecule has 1 aliphatic carbocycles. The molecule has 0 aliphatic heterocycles. The van der Waals surface area contributed by atoms with E-state index in [0.29, 0.717) is 0 Å². The Hall–Kier alpha value is -6.38. The van der Waals surface area contributed by atoms with Crippen molar-refractivity contribution in [3.05, 3.63) is 181 Å². The van der Waals surface area contributed by atoms with Crippen LogP contribution in [0, 0.1) is 0 Å². The summed E-state index contributed by atoms with van der Waals surface area (Å²) in [5.41, 5.74) is 12.7. The molecule has 0 saturated heterocycles. The van der Waals surface area contributed by atoms with Crippen LogP contribution in [0.25, 0.3) is 88.5 Å². The van der Waals surface area contributed by atoms with Crippen molar-refractivity contribution in [3.63, 3.8) is 0 Å². The van der Waals surface area contributed by atoms with Crippen molar-refractivity contribution in [2.75, 3.05) is 0 Å². The van der Waals surface area contributed by atoms with Crippen molar-refractivity contribution in [1.82, 2.24) is 9.97 Å². The summed E-state index contributed by atoms with van der Waals surface area (Å²) in [6.45, 7) is 4.79. The second kappa shape index (κ2) is 11.3. The number of hydrogen-bond donors (Lipinski definition) is 0. The van der Waals surface area contributed by atoms with Gasteiger partial charge in [0.1, 0.15) is 0 Å². The number of benzene rings is 8. The second-order valence-electron chi connectivity index (χ2n) is 14.2. The van der Waals surface area contributed by atoms with Gasteiger partial charge in [-0.2, -0.15) is 0 Å². The average Bonchev–Trinajstić information content (AvgIpc) is 3.43. The minimum absolute atomic E-state index is 0.141. The quantitative estimate of drug-likeness (QED) is 0.177. The highest BCUT2D eigenvalue weighted by Crippen LogP contribution is 2.55. The number of hydrogen-bond acceptors (Lipinski definition) is 2. The number of nitrogens with zero attached hydrogens (tertiary/aromatic N) is 2. The number of aromatic nitrogens is 2. The maximum Gasteiger partial charge on any atom is 0.160 e. The molecule has 1 heterocycles. The standard InChI is InChI=1S/C49H34N2/c1-49(2)43-29-37-27-34(24-25-35(37)28-42(43)46-40-22-11-9-20-38(40)39-21-10-12-23-41(39)47(46)49)33-18-13-19-36(26-33)45-30-44(31-14-5-3-6-15-31)50-48(51-45)32-16-7-4-8-17-32/h3-30H,1-2H3. The molecular formula is C49H34N2. The van der Waals surface area contributed by atoms with E-state index in [1.54, 1.807) is 0 Å². The molecule has 1 aromatic heterocycles. The molecule has 0 fully saturated rings. The van der Waals surface area contributed by atoms with Gasteiger partial charge in [-0.05, 0) is 96.0 Å². The maximum atomic E-state index is 5.09. The first kappa shape index (κ1) is 29.5. The summed E-state index contributed by atoms with van der Waals surface area (Å²) in [5, 5.41) is 7.85. The van der Waals surface area contributed by atoms with Gasteiger partial charge in [0.05, 0.1) is 11.4 Å². The van der Waals surface area contributed by atoms with E-state index in [1.807, 2.05) is 24.3 Å². The van der Waals surface area contributed by atoms with Gasteiger partial charge in [-0.1, -0.05) is 153 Å². The normalized spacial score (nSPS) is 13.1. The van der Waals surface area contributed by atoms with E-state index in [4.69, 9.17) is 9.97 Å². The van der Waals surface area contributed by atoms with Crippen LogP contribution in [0.15, 0.2) is 170 Å². The first-order chi connectivity index (χ1) is 25.0. The van der Waals surface area contributed by atoms with Gasteiger partial charge < -0.3 is 0 Å². The van der Waals surface area contributed by atoms with Gasteiger partial charge in [-0.3, -0.25) is 0 Å². The Bertz CT molecular complexity index is 2760. The molecule has 0 N–H and O–H groups in total. The van der Waals surface area contributed by atoms with Crippen molar-refractivity contribution >= 4 is 32.3 Å². The van der Waals surface area contributed by atoms with Crippen LogP contribution in [-0.4, -0.2) is 9.97 Å². The zero-order valence-electron chi connectivity index (χ0n) is 28.6. The van der Waals surface area contributed by atoms with Crippen LogP contribution in [0.5, 0.6) is 0 Å². The fraction of sp³-hybridized carbons (Fsp3) is 0.0612. The van der Waals surface area contributed by atoms with Crippen molar-refractivity contribution in [2.45, 2.75) is 19.3 Å². The van der Waals surface area contributed by atoms with Gasteiger partial charge >= 0.3 is 0 Å². The van der Waals surface area contributed by atoms with E-state index in [1.165, 1.54) is 60.1 Å². The molecule has 9 aromatic rings. The molecule has 1 aliphatic rings. The lowest BCUT2D eigenvalue weighted by Gasteiger charge is -2.24. The summed E-state index contributed by atoms with van der Waals surface area (Å²) in [6, 6.07) is 61.1. The van der Waals surface area contributed by atoms with Gasteiger partial charge in [-0.15, -0.1) is 0 Å². The molecule has 0 amide bonds. The Morgan fingerprint density at radius 1 is 0.392 bits per heavy atom. The van der Waals surface area contributed by atoms with Crippen LogP contribution in [0.4, 0.5) is 0 Å². The molecule has 240 valence electrons. The molecule has 2 heteroatoms. The average molecular weight is 651 g/mol. The third-order valence-corrected chi connectivity index (χ3v) is 10.8. The van der Waals surface area contributed by atoms with Crippen LogP contribution in [0.1, 0.15) is 25.0 Å². The van der Waals surface area contributed by atoms with Crippen molar-refractivity contribution in [1.29, 1.82) is 0 Å². The van der Waals surface area contributed by atoms with Gasteiger partial charge in [0, 0.05) is 22.1 Å². The van der Waals surface area contributed by atoms with Crippen LogP contribution >= 0.6 is 0 Å². The smallest absolute Gasteiger partial charge is 0.160 e. The van der Waals surface area contributed by atoms with Crippen LogP contribution in [0.2, 0.25) is 0 Å². The summed E-state index contributed by atoms with van der Waals surface area (Å²) >= 11 is 0. The van der Waals surface area contributed by atoms with E-state index in [9.17, 15) is 0 Å². The predicted molar refractivity (Wildman–Crippen MR) is 214 cm³/mol. The van der Waals surface area contributed by atoms with Crippen molar-refractivity contribution < 1.29 is 0 Å². The summed E-state index contributed by atoms with van der Waals surface area (Å²) in [5.74, 6) is 0.723. The Kier molecular flexibility index (Phi) is 6.56. The van der Waals surface area contributed by atoms with E-state index in [2.05, 4.69) is 159 Å². The lowest BCUT2D eigenvalue weighted by Crippen LogP contribution is -2.15. The lowest BCUT2D eigenvalue weighted by atomic mass is 9.79. The van der Waals surface area contributed by atoms with Crippen LogP contribution < -0.4 is 0 Å². The minimum atomic E-state index is -0.141. The van der Waals surface area contributed by atoms with E-state index in [0.717, 1.165) is 39.5 Å². The highest BCUT2D eigenvalue weighted by molar-refractivity contribution is 6.19. The van der Waals surface area contributed by atoms with E-state index < -0.39 is 0 Å². The zero-order chi connectivity index (χ0) is 34.1. The monoisotopic (exact) mass is 650 g/mol. The molecule has 10 rings (SSSR count). The van der Waals surface area contributed by atoms with Crippen LogP contribution in [-0.2, 0) is 5.41 Å². The van der Waals surface area contributed by atoms with Crippen LogP contribution in [0.3, 0.4) is 0 Å². The fourth-order valence-corrected chi connectivity index (χ4v) is 8.33. The van der Waals surface area contributed by atoms with Crippen molar-refractivity contribution in [3.8, 4) is 56.2 Å². The van der Waals surface area contributed by atoms with Gasteiger partial charge in [-0.25, -0.2) is 9.97 Å². The Morgan fingerprint density at radius 2 is 0.961 bits per heavy atom. The van der Waals surface area contributed by atoms with Gasteiger partial charge in [0.15, 0.2) is 5.82 Å². The first-order valence-electron chi connectivity index (χ1n) is 17.7. The highest BCUT2D eigenvalue weighted by Gasteiger charge is 2.38. The molecule has 0 unspecified atom stereocenters. The molecule has 0 bridgehead atoms. The summed E-state index contributed by atoms with van der Waals surface area (Å²) < 4.78 is 0. The molecule has 2 nitrogen and oxygen atoms in total. The lowest BCUT2D eigenvalue weighted by molar-refractivity contribution is 0.667. The van der Waals surface area contributed by atoms with Crippen molar-refractivity contribution in [2.24, 2.45) is 0 Å². The molecule has 8 aromatic carbocycles. The molecule has 0 spiro atoms. The maximum absolute atomic E-state index is 5.09. The fourth-order valence-electron chi connectivity index (χ4n) is 8.33. The van der Waals surface area contributed by atoms with E-state index in [-0.39, 0.29) is 5.41 Å². The number of rotatable bonds is 4. The topological polar surface area (TPSA) is 25.8 Å². The number of fused-ring (bicyclic) bond motifs is 9. The highest BCUT2D eigenvalue weighted by atomic mass is 14.9. The Labute approximate surface area is 297 Å². The summed E-state index contributed by atoms with van der Waals surface area (Å²) in [6.07, 6.45) is 0. The Morgan fingerprint density at radius 3 is 1.71 bits per heavy atom. The summed E-state index contributed by atoms with van der Waals surface area (Å²) in [7, 11) is 0. The first-order valence-corrected chi connectivity index (χ1v) is 17.7. The molecule has 0 saturated carbocycles. The summed E-state index contributed by atoms with van der Waals surface area (Å²) in [4.78, 5) is 10.1. The van der Waals surface area contributed by atoms with E-state index >= 15 is 0 Å². The minimum Gasteiger partial charge on any atom is -0.228 e. The largest absolute Gasteiger partial charge is 0.228 e. The SMILES string of the molecule is CC1(C)c2cc3cc(-c4cccc(-c5cc(-c6ccccc6)nc(-c6ccccc6)n5)c4)ccc3cc2-c2c1c1ccccc1c1ccccc21.